The van der Waals surface area contributed by atoms with Crippen LogP contribution in [0.25, 0.3) is 0 Å². The first-order chi connectivity index (χ1) is 5.70. The number of rotatable bonds is 5. The molecule has 1 N–H and O–H groups in total. The second-order valence-corrected chi connectivity index (χ2v) is 3.47. The van der Waals surface area contributed by atoms with E-state index in [-0.39, 0.29) is 16.8 Å². The molecule has 0 fully saturated rings. The summed E-state index contributed by atoms with van der Waals surface area (Å²) in [6, 6.07) is 0. The molecule has 12 heavy (non-hydrogen) atoms. The van der Waals surface area contributed by atoms with Crippen LogP contribution in [0.4, 0.5) is 0 Å². The molecule has 70 valence electrons. The van der Waals surface area contributed by atoms with E-state index in [1.807, 2.05) is 6.92 Å². The molecular formula is C8H15NO2S. The predicted molar refractivity (Wildman–Crippen MR) is 51.1 cm³/mol. The van der Waals surface area contributed by atoms with Crippen LogP contribution < -0.4 is 5.32 Å². The molecule has 0 heterocycles. The molecule has 0 aromatic heterocycles. The van der Waals surface area contributed by atoms with Crippen LogP contribution in [0.3, 0.4) is 0 Å². The van der Waals surface area contributed by atoms with Crippen molar-refractivity contribution in [3.8, 4) is 0 Å². The number of nitrogens with one attached hydrogen (secondary N) is 1. The van der Waals surface area contributed by atoms with Crippen LogP contribution in [0.15, 0.2) is 0 Å². The molecular weight excluding hydrogens is 174 g/mol. The van der Waals surface area contributed by atoms with Gasteiger partial charge in [0.15, 0.2) is 5.12 Å². The monoisotopic (exact) mass is 189 g/mol. The lowest BCUT2D eigenvalue weighted by Gasteiger charge is -1.98. The second kappa shape index (κ2) is 7.16. The first-order valence-electron chi connectivity index (χ1n) is 4.07. The number of hydrogen-bond donors (Lipinski definition) is 1. The smallest absolute Gasteiger partial charge is 0.230 e. The minimum absolute atomic E-state index is 0.0927. The van der Waals surface area contributed by atoms with Crippen molar-refractivity contribution < 1.29 is 9.59 Å². The van der Waals surface area contributed by atoms with Crippen molar-refractivity contribution in [2.45, 2.75) is 26.2 Å². The highest BCUT2D eigenvalue weighted by molar-refractivity contribution is 8.14. The SMILES string of the molecule is CCCCC(=O)SCC(=O)NC. The topological polar surface area (TPSA) is 46.2 Å². The standard InChI is InChI=1S/C8H15NO2S/c1-3-4-5-8(11)12-6-7(10)9-2/h3-6H2,1-2H3,(H,9,10). The van der Waals surface area contributed by atoms with E-state index in [0.717, 1.165) is 24.6 Å². The average Bonchev–Trinajstić information content (AvgIpc) is 2.10. The fourth-order valence-corrected chi connectivity index (χ4v) is 1.34. The third kappa shape index (κ3) is 6.22. The Balaban J connectivity index is 3.37. The van der Waals surface area contributed by atoms with Gasteiger partial charge < -0.3 is 5.32 Å². The molecule has 0 aromatic carbocycles. The van der Waals surface area contributed by atoms with Crippen LogP contribution in [-0.4, -0.2) is 23.8 Å². The summed E-state index contributed by atoms with van der Waals surface area (Å²) in [5.41, 5.74) is 0. The van der Waals surface area contributed by atoms with E-state index >= 15 is 0 Å². The van der Waals surface area contributed by atoms with Crippen molar-refractivity contribution in [1.82, 2.24) is 5.32 Å². The van der Waals surface area contributed by atoms with Crippen LogP contribution in [0.1, 0.15) is 26.2 Å². The molecule has 4 heteroatoms. The van der Waals surface area contributed by atoms with Crippen LogP contribution >= 0.6 is 11.8 Å². The normalized spacial score (nSPS) is 9.50. The summed E-state index contributed by atoms with van der Waals surface area (Å²) in [4.78, 5) is 21.7. The van der Waals surface area contributed by atoms with E-state index < -0.39 is 0 Å². The van der Waals surface area contributed by atoms with Gasteiger partial charge in [-0.05, 0) is 6.42 Å². The average molecular weight is 189 g/mol. The Morgan fingerprint density at radius 2 is 2.08 bits per heavy atom. The summed E-state index contributed by atoms with van der Waals surface area (Å²) in [6.07, 6.45) is 2.52. The third-order valence-corrected chi connectivity index (χ3v) is 2.31. The number of carbonyl (C=O) groups is 2. The molecule has 3 nitrogen and oxygen atoms in total. The number of hydrogen-bond acceptors (Lipinski definition) is 3. The third-order valence-electron chi connectivity index (χ3n) is 1.38. The van der Waals surface area contributed by atoms with Crippen LogP contribution in [-0.2, 0) is 9.59 Å². The Bertz CT molecular complexity index is 159. The number of amides is 1. The lowest BCUT2D eigenvalue weighted by Crippen LogP contribution is -2.20. The minimum atomic E-state index is -0.0927. The van der Waals surface area contributed by atoms with Gasteiger partial charge >= 0.3 is 0 Å². The summed E-state index contributed by atoms with van der Waals surface area (Å²) >= 11 is 1.10. The van der Waals surface area contributed by atoms with Crippen molar-refractivity contribution >= 4 is 22.8 Å². The highest BCUT2D eigenvalue weighted by Gasteiger charge is 2.04. The van der Waals surface area contributed by atoms with E-state index in [2.05, 4.69) is 5.32 Å². The molecule has 0 saturated carbocycles. The van der Waals surface area contributed by atoms with Gasteiger partial charge in [-0.1, -0.05) is 25.1 Å². The van der Waals surface area contributed by atoms with Gasteiger partial charge in [0.1, 0.15) is 0 Å². The Hall–Kier alpha value is -0.510. The van der Waals surface area contributed by atoms with Crippen LogP contribution in [0.5, 0.6) is 0 Å². The summed E-state index contributed by atoms with van der Waals surface area (Å²) < 4.78 is 0. The van der Waals surface area contributed by atoms with Gasteiger partial charge in [0.2, 0.25) is 5.91 Å². The largest absolute Gasteiger partial charge is 0.358 e. The highest BCUT2D eigenvalue weighted by atomic mass is 32.2. The van der Waals surface area contributed by atoms with Gasteiger partial charge in [-0.25, -0.2) is 0 Å². The van der Waals surface area contributed by atoms with Crippen molar-refractivity contribution in [2.24, 2.45) is 0 Å². The molecule has 0 aliphatic carbocycles. The van der Waals surface area contributed by atoms with Gasteiger partial charge in [-0.3, -0.25) is 9.59 Å². The summed E-state index contributed by atoms with van der Waals surface area (Å²) in [6.45, 7) is 2.04. The van der Waals surface area contributed by atoms with Crippen molar-refractivity contribution in [1.29, 1.82) is 0 Å². The lowest BCUT2D eigenvalue weighted by molar-refractivity contribution is -0.118. The van der Waals surface area contributed by atoms with Crippen molar-refractivity contribution in [2.75, 3.05) is 12.8 Å². The number of unbranched alkanes of at least 4 members (excludes halogenated alkanes) is 1. The van der Waals surface area contributed by atoms with Gasteiger partial charge in [-0.15, -0.1) is 0 Å². The van der Waals surface area contributed by atoms with Gasteiger partial charge in [-0.2, -0.15) is 0 Å². The molecule has 0 aliphatic heterocycles. The Morgan fingerprint density at radius 3 is 2.58 bits per heavy atom. The molecule has 0 rings (SSSR count). The fraction of sp³-hybridized carbons (Fsp3) is 0.750. The van der Waals surface area contributed by atoms with E-state index in [1.54, 1.807) is 7.05 Å². The Morgan fingerprint density at radius 1 is 1.42 bits per heavy atom. The molecule has 0 bridgehead atoms. The van der Waals surface area contributed by atoms with E-state index in [0.29, 0.717) is 6.42 Å². The Labute approximate surface area is 77.3 Å². The second-order valence-electron chi connectivity index (χ2n) is 2.44. The molecule has 1 amide bonds. The molecule has 0 aromatic rings. The number of thioether (sulfide) groups is 1. The maximum Gasteiger partial charge on any atom is 0.230 e. The maximum atomic E-state index is 11.0. The van der Waals surface area contributed by atoms with Gasteiger partial charge in [0.25, 0.3) is 0 Å². The zero-order chi connectivity index (χ0) is 9.40. The van der Waals surface area contributed by atoms with E-state index in [9.17, 15) is 9.59 Å². The first kappa shape index (κ1) is 11.5. The quantitative estimate of drug-likeness (QED) is 0.706. The predicted octanol–water partition coefficient (Wildman–Crippen LogP) is 1.18. The molecule has 0 radical (unpaired) electrons. The molecule has 0 saturated heterocycles. The molecule has 0 atom stereocenters. The molecule has 0 aliphatic rings. The van der Waals surface area contributed by atoms with Gasteiger partial charge in [0, 0.05) is 13.5 Å². The van der Waals surface area contributed by atoms with Crippen molar-refractivity contribution in [3.63, 3.8) is 0 Å². The summed E-state index contributed by atoms with van der Waals surface area (Å²) in [7, 11) is 1.57. The summed E-state index contributed by atoms with van der Waals surface area (Å²) in [5.74, 6) is 0.156. The first-order valence-corrected chi connectivity index (χ1v) is 5.05. The van der Waals surface area contributed by atoms with Crippen LogP contribution in [0, 0.1) is 0 Å². The lowest BCUT2D eigenvalue weighted by atomic mass is 10.3. The zero-order valence-corrected chi connectivity index (χ0v) is 8.37. The van der Waals surface area contributed by atoms with Gasteiger partial charge in [0.05, 0.1) is 5.75 Å². The van der Waals surface area contributed by atoms with Crippen molar-refractivity contribution in [3.05, 3.63) is 0 Å². The molecule has 0 unspecified atom stereocenters. The Kier molecular flexibility index (Phi) is 6.85. The van der Waals surface area contributed by atoms with E-state index in [4.69, 9.17) is 0 Å². The fourth-order valence-electron chi connectivity index (χ4n) is 0.611. The van der Waals surface area contributed by atoms with Crippen LogP contribution in [0.2, 0.25) is 0 Å². The highest BCUT2D eigenvalue weighted by Crippen LogP contribution is 2.07. The molecule has 0 spiro atoms. The van der Waals surface area contributed by atoms with E-state index in [1.165, 1.54) is 0 Å². The zero-order valence-electron chi connectivity index (χ0n) is 7.55. The number of carbonyl (C=O) groups excluding carboxylic acids is 2. The maximum absolute atomic E-state index is 11.0. The summed E-state index contributed by atoms with van der Waals surface area (Å²) in [5, 5.41) is 2.58. The minimum Gasteiger partial charge on any atom is -0.358 e.